The molecule has 2 N–H and O–H groups in total. The van der Waals surface area contributed by atoms with Gasteiger partial charge in [0.15, 0.2) is 0 Å². The number of H-pyrrole nitrogens is 1. The van der Waals surface area contributed by atoms with Crippen LogP contribution < -0.4 is 0 Å². The number of rotatable bonds is 9. The Bertz CT molecular complexity index is 1320. The van der Waals surface area contributed by atoms with Gasteiger partial charge in [0.25, 0.3) is 0 Å². The van der Waals surface area contributed by atoms with Crippen LogP contribution in [0.5, 0.6) is 0 Å². The molecule has 222 valence electrons. The van der Waals surface area contributed by atoms with E-state index in [0.29, 0.717) is 17.8 Å². The van der Waals surface area contributed by atoms with Crippen molar-refractivity contribution in [2.75, 3.05) is 32.7 Å². The first-order valence-corrected chi connectivity index (χ1v) is 16.5. The number of benzene rings is 2. The molecule has 3 heterocycles. The summed E-state index contributed by atoms with van der Waals surface area (Å²) < 4.78 is 0. The highest BCUT2D eigenvalue weighted by atomic mass is 16.4. The van der Waals surface area contributed by atoms with Crippen LogP contribution in [0.2, 0.25) is 0 Å². The fourth-order valence-electron chi connectivity index (χ4n) is 8.62. The SMILES string of the molecule is O=C(O)[C@@H](C1CCCCC1)N1C[C@H](CN2CCC(c3cc(C4(c5ccccc5)CC4)n[nH]3)CC2)[C@@H](c2ccccc2)C1. The molecule has 2 aliphatic carbocycles. The average molecular weight is 567 g/mol. The summed E-state index contributed by atoms with van der Waals surface area (Å²) in [4.78, 5) is 17.6. The Balaban J connectivity index is 1.01. The minimum Gasteiger partial charge on any atom is -0.480 e. The Morgan fingerprint density at radius 2 is 1.62 bits per heavy atom. The quantitative estimate of drug-likeness (QED) is 0.313. The maximum Gasteiger partial charge on any atom is 0.321 e. The molecule has 6 nitrogen and oxygen atoms in total. The molecule has 3 atom stereocenters. The van der Waals surface area contributed by atoms with Crippen LogP contribution in [0.1, 0.15) is 92.1 Å². The Morgan fingerprint density at radius 3 is 2.29 bits per heavy atom. The molecule has 0 spiro atoms. The van der Waals surface area contributed by atoms with E-state index < -0.39 is 5.97 Å². The lowest BCUT2D eigenvalue weighted by molar-refractivity contribution is -0.145. The number of likely N-dealkylation sites (tertiary alicyclic amines) is 2. The predicted molar refractivity (Wildman–Crippen MR) is 166 cm³/mol. The molecule has 1 aromatic heterocycles. The number of aromatic nitrogens is 2. The highest BCUT2D eigenvalue weighted by Gasteiger charge is 2.48. The van der Waals surface area contributed by atoms with Crippen LogP contribution in [0.15, 0.2) is 66.7 Å². The van der Waals surface area contributed by atoms with Gasteiger partial charge >= 0.3 is 5.97 Å². The number of piperidine rings is 1. The van der Waals surface area contributed by atoms with Crippen molar-refractivity contribution in [3.05, 3.63) is 89.2 Å². The molecule has 4 fully saturated rings. The molecule has 0 amide bonds. The van der Waals surface area contributed by atoms with Gasteiger partial charge in [-0.3, -0.25) is 14.8 Å². The number of aromatic amines is 1. The molecule has 2 saturated heterocycles. The minimum absolute atomic E-state index is 0.114. The van der Waals surface area contributed by atoms with Crippen LogP contribution in [0.25, 0.3) is 0 Å². The molecule has 42 heavy (non-hydrogen) atoms. The maximum atomic E-state index is 12.6. The van der Waals surface area contributed by atoms with Crippen molar-refractivity contribution >= 4 is 5.97 Å². The van der Waals surface area contributed by atoms with Crippen molar-refractivity contribution in [3.63, 3.8) is 0 Å². The lowest BCUT2D eigenvalue weighted by Gasteiger charge is -2.35. The van der Waals surface area contributed by atoms with Gasteiger partial charge in [0.2, 0.25) is 0 Å². The first-order valence-electron chi connectivity index (χ1n) is 16.5. The molecule has 0 radical (unpaired) electrons. The number of nitrogens with zero attached hydrogens (tertiary/aromatic N) is 3. The standard InChI is InChI=1S/C36H46N4O2/c41-35(42)34(28-12-6-2-7-13-28)40-24-29(31(25-40)26-10-4-1-5-11-26)23-39-20-16-27(17-21-39)32-22-33(38-37-32)36(18-19-36)30-14-8-3-9-15-30/h1,3-5,8-11,14-15,22,27-29,31,34H,2,6-7,12-13,16-21,23-25H2,(H,37,38)(H,41,42)/t29-,31+,34+/m0/s1. The van der Waals surface area contributed by atoms with Gasteiger partial charge in [0.05, 0.1) is 5.69 Å². The zero-order valence-electron chi connectivity index (χ0n) is 24.8. The number of carbonyl (C=O) groups is 1. The second-order valence-electron chi connectivity index (χ2n) is 13.6. The third kappa shape index (κ3) is 5.56. The van der Waals surface area contributed by atoms with E-state index in [1.165, 1.54) is 54.6 Å². The van der Waals surface area contributed by atoms with E-state index >= 15 is 0 Å². The third-order valence-electron chi connectivity index (χ3n) is 11.1. The van der Waals surface area contributed by atoms with E-state index in [-0.39, 0.29) is 17.4 Å². The van der Waals surface area contributed by atoms with Gasteiger partial charge < -0.3 is 10.0 Å². The van der Waals surface area contributed by atoms with Crippen molar-refractivity contribution in [1.29, 1.82) is 0 Å². The molecule has 0 bridgehead atoms. The summed E-state index contributed by atoms with van der Waals surface area (Å²) in [7, 11) is 0. The van der Waals surface area contributed by atoms with Gasteiger partial charge in [-0.15, -0.1) is 0 Å². The summed E-state index contributed by atoms with van der Waals surface area (Å²) in [6.07, 6.45) is 10.4. The van der Waals surface area contributed by atoms with Crippen LogP contribution in [0.3, 0.4) is 0 Å². The van der Waals surface area contributed by atoms with Gasteiger partial charge in [-0.1, -0.05) is 79.9 Å². The number of hydrogen-bond donors (Lipinski definition) is 2. The van der Waals surface area contributed by atoms with Gasteiger partial charge in [-0.2, -0.15) is 5.10 Å². The zero-order chi connectivity index (χ0) is 28.5. The number of carboxylic acids is 1. The normalized spacial score (nSPS) is 26.3. The molecule has 6 heteroatoms. The summed E-state index contributed by atoms with van der Waals surface area (Å²) in [5, 5.41) is 18.6. The second-order valence-corrected chi connectivity index (χ2v) is 13.6. The van der Waals surface area contributed by atoms with Crippen LogP contribution in [0, 0.1) is 11.8 Å². The number of carboxylic acid groups (broad SMARTS) is 1. The van der Waals surface area contributed by atoms with Crippen LogP contribution in [-0.2, 0) is 10.2 Å². The van der Waals surface area contributed by atoms with E-state index in [9.17, 15) is 9.90 Å². The van der Waals surface area contributed by atoms with Crippen molar-refractivity contribution in [2.45, 2.75) is 81.1 Å². The summed E-state index contributed by atoms with van der Waals surface area (Å²) in [5.74, 6) is 1.04. The molecular formula is C36H46N4O2. The molecule has 2 aliphatic heterocycles. The molecule has 2 aromatic carbocycles. The Kier molecular flexibility index (Phi) is 7.93. The van der Waals surface area contributed by atoms with Gasteiger partial charge in [0, 0.05) is 42.6 Å². The zero-order valence-corrected chi connectivity index (χ0v) is 24.8. The van der Waals surface area contributed by atoms with Gasteiger partial charge in [0.1, 0.15) is 6.04 Å². The molecule has 2 saturated carbocycles. The summed E-state index contributed by atoms with van der Waals surface area (Å²) in [6.45, 7) is 4.97. The largest absolute Gasteiger partial charge is 0.480 e. The number of hydrogen-bond acceptors (Lipinski definition) is 4. The molecule has 7 rings (SSSR count). The molecule has 4 aliphatic rings. The van der Waals surface area contributed by atoms with Crippen LogP contribution in [0.4, 0.5) is 0 Å². The predicted octanol–water partition coefficient (Wildman–Crippen LogP) is 6.42. The summed E-state index contributed by atoms with van der Waals surface area (Å²) in [5.41, 5.74) is 5.39. The lowest BCUT2D eigenvalue weighted by Crippen LogP contribution is -2.46. The van der Waals surface area contributed by atoms with E-state index in [1.54, 1.807) is 0 Å². The van der Waals surface area contributed by atoms with Crippen LogP contribution in [-0.4, -0.2) is 69.8 Å². The first kappa shape index (κ1) is 27.8. The van der Waals surface area contributed by atoms with Gasteiger partial charge in [-0.25, -0.2) is 0 Å². The third-order valence-corrected chi connectivity index (χ3v) is 11.1. The molecule has 0 unspecified atom stereocenters. The Morgan fingerprint density at radius 1 is 0.929 bits per heavy atom. The van der Waals surface area contributed by atoms with Crippen molar-refractivity contribution < 1.29 is 9.90 Å². The Hall–Kier alpha value is -2.96. The van der Waals surface area contributed by atoms with Crippen molar-refractivity contribution in [2.24, 2.45) is 11.8 Å². The second kappa shape index (κ2) is 12.0. The molecular weight excluding hydrogens is 520 g/mol. The summed E-state index contributed by atoms with van der Waals surface area (Å²) in [6, 6.07) is 23.8. The van der Waals surface area contributed by atoms with Crippen LogP contribution >= 0.6 is 0 Å². The van der Waals surface area contributed by atoms with E-state index in [0.717, 1.165) is 58.4 Å². The Labute approximate surface area is 250 Å². The lowest BCUT2D eigenvalue weighted by atomic mass is 9.83. The van der Waals surface area contributed by atoms with E-state index in [2.05, 4.69) is 81.6 Å². The smallest absolute Gasteiger partial charge is 0.321 e. The average Bonchev–Trinajstić information content (AvgIpc) is 3.51. The monoisotopic (exact) mass is 566 g/mol. The van der Waals surface area contributed by atoms with E-state index in [1.807, 2.05) is 0 Å². The highest BCUT2D eigenvalue weighted by molar-refractivity contribution is 5.74. The topological polar surface area (TPSA) is 72.5 Å². The number of aliphatic carboxylic acids is 1. The highest BCUT2D eigenvalue weighted by Crippen LogP contribution is 2.53. The maximum absolute atomic E-state index is 12.6. The number of nitrogens with one attached hydrogen (secondary N) is 1. The van der Waals surface area contributed by atoms with E-state index in [4.69, 9.17) is 5.10 Å². The minimum atomic E-state index is -0.616. The summed E-state index contributed by atoms with van der Waals surface area (Å²) >= 11 is 0. The first-order chi connectivity index (χ1) is 20.6. The van der Waals surface area contributed by atoms with Crippen molar-refractivity contribution in [1.82, 2.24) is 20.0 Å². The molecule has 3 aromatic rings. The fraction of sp³-hybridized carbons (Fsp3) is 0.556. The van der Waals surface area contributed by atoms with Crippen molar-refractivity contribution in [3.8, 4) is 0 Å². The van der Waals surface area contributed by atoms with Gasteiger partial charge in [-0.05, 0) is 80.6 Å². The fourth-order valence-corrected chi connectivity index (χ4v) is 8.62.